The Bertz CT molecular complexity index is 267. The molecule has 1 aromatic rings. The largest absolute Gasteiger partial charge is 0.466 e. The van der Waals surface area contributed by atoms with Crippen LogP contribution in [0.25, 0.3) is 0 Å². The molecule has 0 aliphatic heterocycles. The van der Waals surface area contributed by atoms with E-state index >= 15 is 0 Å². The van der Waals surface area contributed by atoms with Crippen LogP contribution in [0.4, 0.5) is 0 Å². The third-order valence-corrected chi connectivity index (χ3v) is 1.54. The predicted octanol–water partition coefficient (Wildman–Crippen LogP) is 2.37. The third kappa shape index (κ3) is 2.93. The van der Waals surface area contributed by atoms with Gasteiger partial charge in [0.2, 0.25) is 0 Å². The van der Waals surface area contributed by atoms with Crippen LogP contribution in [0.2, 0.25) is 0 Å². The van der Waals surface area contributed by atoms with Gasteiger partial charge in [0.05, 0.1) is 11.7 Å². The second-order valence-electron chi connectivity index (χ2n) is 3.91. The molecule has 0 aromatic carbocycles. The molecule has 0 spiro atoms. The van der Waals surface area contributed by atoms with E-state index in [4.69, 9.17) is 9.15 Å². The molecule has 3 nitrogen and oxygen atoms in total. The lowest BCUT2D eigenvalue weighted by Gasteiger charge is -2.15. The lowest BCUT2D eigenvalue weighted by atomic mass is 9.97. The number of rotatable bonds is 2. The molecule has 0 atom stereocenters. The van der Waals surface area contributed by atoms with Crippen LogP contribution in [0.5, 0.6) is 0 Å². The summed E-state index contributed by atoms with van der Waals surface area (Å²) in [7, 11) is 0. The summed E-state index contributed by atoms with van der Waals surface area (Å²) in [6.45, 7) is 5.66. The minimum Gasteiger partial charge on any atom is -0.466 e. The fourth-order valence-electron chi connectivity index (χ4n) is 0.748. The first-order valence-corrected chi connectivity index (χ1v) is 4.20. The van der Waals surface area contributed by atoms with Crippen molar-refractivity contribution in [1.29, 1.82) is 0 Å². The quantitative estimate of drug-likeness (QED) is 0.659. The van der Waals surface area contributed by atoms with E-state index in [0.717, 1.165) is 0 Å². The lowest BCUT2D eigenvalue weighted by molar-refractivity contribution is -0.154. The number of furan rings is 1. The molecule has 72 valence electrons. The maximum Gasteiger partial charge on any atom is 0.311 e. The van der Waals surface area contributed by atoms with Crippen molar-refractivity contribution >= 4 is 5.97 Å². The van der Waals surface area contributed by atoms with Gasteiger partial charge < -0.3 is 9.15 Å². The molecule has 13 heavy (non-hydrogen) atoms. The van der Waals surface area contributed by atoms with Gasteiger partial charge in [-0.1, -0.05) is 0 Å². The van der Waals surface area contributed by atoms with Crippen molar-refractivity contribution in [2.24, 2.45) is 5.41 Å². The Kier molecular flexibility index (Phi) is 2.76. The van der Waals surface area contributed by atoms with E-state index in [2.05, 4.69) is 0 Å². The van der Waals surface area contributed by atoms with E-state index in [1.165, 1.54) is 0 Å². The van der Waals surface area contributed by atoms with Crippen LogP contribution < -0.4 is 0 Å². The SMILES string of the molecule is CC(C)(C)C(=O)OCc1ccco1. The molecule has 1 aromatic heterocycles. The minimum absolute atomic E-state index is 0.211. The van der Waals surface area contributed by atoms with Crippen LogP contribution in [-0.4, -0.2) is 5.97 Å². The summed E-state index contributed by atoms with van der Waals surface area (Å²) in [6, 6.07) is 3.54. The van der Waals surface area contributed by atoms with E-state index in [1.54, 1.807) is 18.4 Å². The van der Waals surface area contributed by atoms with Crippen LogP contribution in [0, 0.1) is 5.41 Å². The molecular weight excluding hydrogens is 168 g/mol. The molecule has 0 fully saturated rings. The van der Waals surface area contributed by atoms with Crippen LogP contribution in [0.15, 0.2) is 22.8 Å². The van der Waals surface area contributed by atoms with Crippen molar-refractivity contribution in [3.05, 3.63) is 24.2 Å². The molecule has 1 rings (SSSR count). The predicted molar refractivity (Wildman–Crippen MR) is 48.0 cm³/mol. The van der Waals surface area contributed by atoms with Gasteiger partial charge in [-0.3, -0.25) is 4.79 Å². The van der Waals surface area contributed by atoms with E-state index in [0.29, 0.717) is 5.76 Å². The van der Waals surface area contributed by atoms with Gasteiger partial charge in [-0.05, 0) is 32.9 Å². The smallest absolute Gasteiger partial charge is 0.311 e. The Morgan fingerprint density at radius 1 is 1.54 bits per heavy atom. The Morgan fingerprint density at radius 2 is 2.23 bits per heavy atom. The first kappa shape index (κ1) is 9.84. The molecule has 0 saturated carbocycles. The molecule has 0 bridgehead atoms. The van der Waals surface area contributed by atoms with Crippen molar-refractivity contribution in [1.82, 2.24) is 0 Å². The average Bonchev–Trinajstić information content (AvgIpc) is 2.50. The fraction of sp³-hybridized carbons (Fsp3) is 0.500. The minimum atomic E-state index is -0.452. The summed E-state index contributed by atoms with van der Waals surface area (Å²) in [5, 5.41) is 0. The first-order chi connectivity index (χ1) is 6.00. The Hall–Kier alpha value is -1.25. The van der Waals surface area contributed by atoms with Crippen molar-refractivity contribution in [3.63, 3.8) is 0 Å². The third-order valence-electron chi connectivity index (χ3n) is 1.54. The number of carbonyl (C=O) groups is 1. The highest BCUT2D eigenvalue weighted by Gasteiger charge is 2.23. The van der Waals surface area contributed by atoms with Gasteiger partial charge in [0, 0.05) is 0 Å². The monoisotopic (exact) mass is 182 g/mol. The summed E-state index contributed by atoms with van der Waals surface area (Å²) < 4.78 is 10.0. The Morgan fingerprint density at radius 3 is 2.69 bits per heavy atom. The molecule has 0 aliphatic carbocycles. The number of hydrogen-bond acceptors (Lipinski definition) is 3. The van der Waals surface area contributed by atoms with E-state index in [-0.39, 0.29) is 12.6 Å². The molecule has 0 saturated heterocycles. The highest BCUT2D eigenvalue weighted by Crippen LogP contribution is 2.16. The second-order valence-corrected chi connectivity index (χ2v) is 3.91. The Labute approximate surface area is 77.7 Å². The standard InChI is InChI=1S/C10H14O3/c1-10(2,3)9(11)13-7-8-5-4-6-12-8/h4-6H,7H2,1-3H3. The van der Waals surface area contributed by atoms with E-state index < -0.39 is 5.41 Å². The van der Waals surface area contributed by atoms with Gasteiger partial charge in [-0.15, -0.1) is 0 Å². The zero-order valence-corrected chi connectivity index (χ0v) is 8.16. The fourth-order valence-corrected chi connectivity index (χ4v) is 0.748. The summed E-state index contributed by atoms with van der Waals surface area (Å²) in [6.07, 6.45) is 1.56. The summed E-state index contributed by atoms with van der Waals surface area (Å²) >= 11 is 0. The molecule has 1 heterocycles. The van der Waals surface area contributed by atoms with Crippen molar-refractivity contribution < 1.29 is 13.9 Å². The molecule has 0 radical (unpaired) electrons. The van der Waals surface area contributed by atoms with E-state index in [9.17, 15) is 4.79 Å². The van der Waals surface area contributed by atoms with Gasteiger partial charge >= 0.3 is 5.97 Å². The van der Waals surface area contributed by atoms with E-state index in [1.807, 2.05) is 20.8 Å². The molecule has 3 heteroatoms. The van der Waals surface area contributed by atoms with Crippen molar-refractivity contribution in [3.8, 4) is 0 Å². The summed E-state index contributed by atoms with van der Waals surface area (Å²) in [5.41, 5.74) is -0.452. The normalized spacial score (nSPS) is 11.3. The van der Waals surface area contributed by atoms with Gasteiger partial charge in [-0.2, -0.15) is 0 Å². The maximum absolute atomic E-state index is 11.3. The maximum atomic E-state index is 11.3. The number of ether oxygens (including phenoxy) is 1. The summed E-state index contributed by atoms with van der Waals surface area (Å²) in [5.74, 6) is 0.446. The second kappa shape index (κ2) is 3.64. The molecular formula is C10H14O3. The topological polar surface area (TPSA) is 39.4 Å². The number of esters is 1. The first-order valence-electron chi connectivity index (χ1n) is 4.20. The summed E-state index contributed by atoms with van der Waals surface area (Å²) in [4.78, 5) is 11.3. The van der Waals surface area contributed by atoms with Crippen LogP contribution in [-0.2, 0) is 16.1 Å². The van der Waals surface area contributed by atoms with Gasteiger partial charge in [-0.25, -0.2) is 0 Å². The number of hydrogen-bond donors (Lipinski definition) is 0. The van der Waals surface area contributed by atoms with Gasteiger partial charge in [0.25, 0.3) is 0 Å². The highest BCUT2D eigenvalue weighted by atomic mass is 16.5. The number of carbonyl (C=O) groups excluding carboxylic acids is 1. The zero-order chi connectivity index (χ0) is 9.90. The Balaban J connectivity index is 2.40. The lowest BCUT2D eigenvalue weighted by Crippen LogP contribution is -2.22. The molecule has 0 aliphatic rings. The average molecular weight is 182 g/mol. The van der Waals surface area contributed by atoms with Crippen molar-refractivity contribution in [2.45, 2.75) is 27.4 Å². The molecule has 0 unspecified atom stereocenters. The van der Waals surface area contributed by atoms with Crippen LogP contribution >= 0.6 is 0 Å². The highest BCUT2D eigenvalue weighted by molar-refractivity contribution is 5.75. The van der Waals surface area contributed by atoms with Gasteiger partial charge in [0.1, 0.15) is 12.4 Å². The van der Waals surface area contributed by atoms with Crippen LogP contribution in [0.3, 0.4) is 0 Å². The molecule has 0 amide bonds. The van der Waals surface area contributed by atoms with Crippen LogP contribution in [0.1, 0.15) is 26.5 Å². The zero-order valence-electron chi connectivity index (χ0n) is 8.16. The van der Waals surface area contributed by atoms with Gasteiger partial charge in [0.15, 0.2) is 0 Å². The molecule has 0 N–H and O–H groups in total. The van der Waals surface area contributed by atoms with Crippen molar-refractivity contribution in [2.75, 3.05) is 0 Å².